The number of benzene rings is 2. The van der Waals surface area contributed by atoms with Crippen LogP contribution in [0.4, 0.5) is 4.79 Å². The second-order valence-corrected chi connectivity index (χ2v) is 5.94. The van der Waals surface area contributed by atoms with Gasteiger partial charge < -0.3 is 20.3 Å². The van der Waals surface area contributed by atoms with Gasteiger partial charge in [0.1, 0.15) is 18.8 Å². The van der Waals surface area contributed by atoms with E-state index in [9.17, 15) is 15.0 Å². The van der Waals surface area contributed by atoms with Gasteiger partial charge in [-0.05, 0) is 23.3 Å². The molecule has 0 heterocycles. The number of ether oxygens (including phenoxy) is 1. The molecule has 7 heteroatoms. The molecule has 0 spiro atoms. The Balaban J connectivity index is 1.80. The van der Waals surface area contributed by atoms with Crippen LogP contribution in [0.25, 0.3) is 0 Å². The first-order chi connectivity index (χ1) is 11.5. The van der Waals surface area contributed by atoms with Gasteiger partial charge in [0.05, 0.1) is 10.0 Å². The molecule has 0 saturated heterocycles. The van der Waals surface area contributed by atoms with Crippen LogP contribution in [0.1, 0.15) is 17.2 Å². The fraction of sp³-hybridized carbons (Fsp3) is 0.235. The highest BCUT2D eigenvalue weighted by atomic mass is 35.5. The normalized spacial score (nSPS) is 13.2. The molecule has 0 fully saturated rings. The van der Waals surface area contributed by atoms with E-state index in [0.29, 0.717) is 10.6 Å². The minimum absolute atomic E-state index is 0.123. The van der Waals surface area contributed by atoms with E-state index in [1.54, 1.807) is 6.07 Å². The van der Waals surface area contributed by atoms with Crippen LogP contribution in [0.2, 0.25) is 10.0 Å². The lowest BCUT2D eigenvalue weighted by Crippen LogP contribution is -2.35. The third-order valence-electron chi connectivity index (χ3n) is 3.32. The van der Waals surface area contributed by atoms with Crippen molar-refractivity contribution >= 4 is 29.3 Å². The van der Waals surface area contributed by atoms with E-state index in [0.717, 1.165) is 5.56 Å². The molecular formula is C17H17Cl2NO4. The Hall–Kier alpha value is -1.79. The van der Waals surface area contributed by atoms with Crippen LogP contribution in [0.15, 0.2) is 48.5 Å². The van der Waals surface area contributed by atoms with E-state index in [4.69, 9.17) is 27.9 Å². The SMILES string of the molecule is O=C(NCC(O)C(O)c1ccc(Cl)c(Cl)c1)OCc1ccccc1. The van der Waals surface area contributed by atoms with E-state index < -0.39 is 18.3 Å². The maximum atomic E-state index is 11.6. The topological polar surface area (TPSA) is 78.8 Å². The van der Waals surface area contributed by atoms with Crippen molar-refractivity contribution in [1.29, 1.82) is 0 Å². The molecule has 2 atom stereocenters. The summed E-state index contributed by atoms with van der Waals surface area (Å²) in [5, 5.41) is 23.1. The number of rotatable bonds is 6. The maximum absolute atomic E-state index is 11.6. The number of hydrogen-bond acceptors (Lipinski definition) is 4. The summed E-state index contributed by atoms with van der Waals surface area (Å²) in [5.74, 6) is 0. The van der Waals surface area contributed by atoms with Gasteiger partial charge in [-0.25, -0.2) is 4.79 Å². The Morgan fingerprint density at radius 2 is 1.79 bits per heavy atom. The van der Waals surface area contributed by atoms with Gasteiger partial charge >= 0.3 is 6.09 Å². The molecule has 2 rings (SSSR count). The lowest BCUT2D eigenvalue weighted by atomic mass is 10.0. The second kappa shape index (κ2) is 8.89. The summed E-state index contributed by atoms with van der Waals surface area (Å²) in [6, 6.07) is 13.7. The molecule has 2 unspecified atom stereocenters. The number of halogens is 2. The maximum Gasteiger partial charge on any atom is 0.407 e. The molecule has 5 nitrogen and oxygen atoms in total. The van der Waals surface area contributed by atoms with Gasteiger partial charge in [-0.3, -0.25) is 0 Å². The summed E-state index contributed by atoms with van der Waals surface area (Å²) in [7, 11) is 0. The fourth-order valence-corrected chi connectivity index (χ4v) is 2.30. The third kappa shape index (κ3) is 5.39. The van der Waals surface area contributed by atoms with Crippen molar-refractivity contribution in [3.63, 3.8) is 0 Å². The number of aliphatic hydroxyl groups is 2. The zero-order valence-electron chi connectivity index (χ0n) is 12.7. The zero-order valence-corrected chi connectivity index (χ0v) is 14.2. The molecule has 0 aliphatic carbocycles. The van der Waals surface area contributed by atoms with Crippen molar-refractivity contribution < 1.29 is 19.7 Å². The molecule has 0 saturated carbocycles. The van der Waals surface area contributed by atoms with Crippen molar-refractivity contribution in [3.8, 4) is 0 Å². The number of carbonyl (C=O) groups excluding carboxylic acids is 1. The van der Waals surface area contributed by atoms with Gasteiger partial charge in [0.15, 0.2) is 0 Å². The first-order valence-corrected chi connectivity index (χ1v) is 7.98. The van der Waals surface area contributed by atoms with Crippen molar-refractivity contribution in [2.75, 3.05) is 6.54 Å². The minimum Gasteiger partial charge on any atom is -0.445 e. The molecule has 0 aliphatic heterocycles. The number of hydrogen-bond donors (Lipinski definition) is 3. The minimum atomic E-state index is -1.22. The molecule has 0 radical (unpaired) electrons. The molecule has 1 amide bonds. The Bertz CT molecular complexity index is 682. The van der Waals surface area contributed by atoms with Crippen LogP contribution in [0.5, 0.6) is 0 Å². The molecule has 0 bridgehead atoms. The Kier molecular flexibility index (Phi) is 6.87. The summed E-state index contributed by atoms with van der Waals surface area (Å²) < 4.78 is 5.02. The molecule has 0 aromatic heterocycles. The summed E-state index contributed by atoms with van der Waals surface area (Å²) >= 11 is 11.7. The largest absolute Gasteiger partial charge is 0.445 e. The lowest BCUT2D eigenvalue weighted by Gasteiger charge is -2.19. The quantitative estimate of drug-likeness (QED) is 0.729. The van der Waals surface area contributed by atoms with E-state index in [2.05, 4.69) is 5.32 Å². The van der Waals surface area contributed by atoms with E-state index >= 15 is 0 Å². The highest BCUT2D eigenvalue weighted by Gasteiger charge is 2.20. The van der Waals surface area contributed by atoms with Crippen molar-refractivity contribution in [3.05, 3.63) is 69.7 Å². The van der Waals surface area contributed by atoms with Gasteiger partial charge in [0, 0.05) is 6.54 Å². The summed E-state index contributed by atoms with van der Waals surface area (Å²) in [4.78, 5) is 11.6. The van der Waals surface area contributed by atoms with Gasteiger partial charge in [0.2, 0.25) is 0 Å². The summed E-state index contributed by atoms with van der Waals surface area (Å²) in [5.41, 5.74) is 1.25. The number of amides is 1. The first-order valence-electron chi connectivity index (χ1n) is 7.23. The van der Waals surface area contributed by atoms with Crippen LogP contribution in [0.3, 0.4) is 0 Å². The third-order valence-corrected chi connectivity index (χ3v) is 4.06. The van der Waals surface area contributed by atoms with Crippen molar-refractivity contribution in [1.82, 2.24) is 5.32 Å². The fourth-order valence-electron chi connectivity index (χ4n) is 1.99. The number of aliphatic hydroxyl groups excluding tert-OH is 2. The van der Waals surface area contributed by atoms with Crippen LogP contribution in [-0.2, 0) is 11.3 Å². The smallest absolute Gasteiger partial charge is 0.407 e. The second-order valence-electron chi connectivity index (χ2n) is 5.13. The van der Waals surface area contributed by atoms with Crippen LogP contribution in [0, 0.1) is 0 Å². The Labute approximate surface area is 149 Å². The predicted octanol–water partition coefficient (Wildman–Crippen LogP) is 3.31. The van der Waals surface area contributed by atoms with Crippen LogP contribution < -0.4 is 5.32 Å². The molecule has 3 N–H and O–H groups in total. The van der Waals surface area contributed by atoms with E-state index in [-0.39, 0.29) is 18.2 Å². The highest BCUT2D eigenvalue weighted by Crippen LogP contribution is 2.26. The predicted molar refractivity (Wildman–Crippen MR) is 92.1 cm³/mol. The number of alkyl carbamates (subject to hydrolysis) is 1. The van der Waals surface area contributed by atoms with E-state index in [1.807, 2.05) is 30.3 Å². The number of nitrogens with one attached hydrogen (secondary N) is 1. The lowest BCUT2D eigenvalue weighted by molar-refractivity contribution is 0.0184. The standard InChI is InChI=1S/C17H17Cl2NO4/c18-13-7-6-12(8-14(13)19)16(22)15(21)9-20-17(23)24-10-11-4-2-1-3-5-11/h1-8,15-16,21-22H,9-10H2,(H,20,23). The molecule has 24 heavy (non-hydrogen) atoms. The van der Waals surface area contributed by atoms with Gasteiger partial charge in [0.25, 0.3) is 0 Å². The molecule has 2 aromatic rings. The average Bonchev–Trinajstić information content (AvgIpc) is 2.60. The summed E-state index contributed by atoms with van der Waals surface area (Å²) in [6.07, 6.45) is -3.11. The molecule has 128 valence electrons. The van der Waals surface area contributed by atoms with Crippen molar-refractivity contribution in [2.45, 2.75) is 18.8 Å². The molecular weight excluding hydrogens is 353 g/mol. The van der Waals surface area contributed by atoms with Gasteiger partial charge in [-0.2, -0.15) is 0 Å². The monoisotopic (exact) mass is 369 g/mol. The zero-order chi connectivity index (χ0) is 17.5. The van der Waals surface area contributed by atoms with Crippen LogP contribution >= 0.6 is 23.2 Å². The molecule has 2 aromatic carbocycles. The molecule has 0 aliphatic rings. The Morgan fingerprint density at radius 3 is 2.46 bits per heavy atom. The van der Waals surface area contributed by atoms with E-state index in [1.165, 1.54) is 12.1 Å². The number of carbonyl (C=O) groups is 1. The van der Waals surface area contributed by atoms with Crippen LogP contribution in [-0.4, -0.2) is 29.0 Å². The highest BCUT2D eigenvalue weighted by molar-refractivity contribution is 6.42. The average molecular weight is 370 g/mol. The van der Waals surface area contributed by atoms with Gasteiger partial charge in [-0.15, -0.1) is 0 Å². The summed E-state index contributed by atoms with van der Waals surface area (Å²) in [6.45, 7) is -0.0485. The van der Waals surface area contributed by atoms with Crippen molar-refractivity contribution in [2.24, 2.45) is 0 Å². The first kappa shape index (κ1) is 18.5. The Morgan fingerprint density at radius 1 is 1.08 bits per heavy atom. The van der Waals surface area contributed by atoms with Gasteiger partial charge in [-0.1, -0.05) is 59.6 Å².